The van der Waals surface area contributed by atoms with Crippen LogP contribution in [0.15, 0.2) is 30.3 Å². The molecule has 0 fully saturated rings. The number of hydrogen-bond donors (Lipinski definition) is 3. The van der Waals surface area contributed by atoms with Crippen LogP contribution in [0.4, 0.5) is 16.4 Å². The van der Waals surface area contributed by atoms with E-state index in [-0.39, 0.29) is 5.95 Å². The third kappa shape index (κ3) is 4.42. The van der Waals surface area contributed by atoms with Crippen LogP contribution in [0.25, 0.3) is 6.08 Å². The van der Waals surface area contributed by atoms with E-state index in [2.05, 4.69) is 26.0 Å². The molecule has 0 bridgehead atoms. The van der Waals surface area contributed by atoms with Crippen molar-refractivity contribution in [3.05, 3.63) is 35.9 Å². The molecule has 0 aliphatic rings. The molecule has 108 valence electrons. The van der Waals surface area contributed by atoms with Crippen LogP contribution < -0.4 is 10.6 Å². The van der Waals surface area contributed by atoms with Crippen molar-refractivity contribution in [1.29, 1.82) is 0 Å². The van der Waals surface area contributed by atoms with Crippen molar-refractivity contribution in [3.63, 3.8) is 0 Å². The highest BCUT2D eigenvalue weighted by Gasteiger charge is 2.06. The second kappa shape index (κ2) is 6.28. The number of rotatable bonds is 4. The SMILES string of the molecule is Cn1nnc(NC(=O)Nc2ccc(/C=C/C(=O)O)cc2)n1. The number of aromatic nitrogens is 4. The molecule has 0 unspecified atom stereocenters. The lowest BCUT2D eigenvalue weighted by Crippen LogP contribution is -2.20. The summed E-state index contributed by atoms with van der Waals surface area (Å²) in [6.07, 6.45) is 2.49. The van der Waals surface area contributed by atoms with E-state index in [1.54, 1.807) is 31.3 Å². The zero-order valence-corrected chi connectivity index (χ0v) is 11.0. The van der Waals surface area contributed by atoms with Gasteiger partial charge in [0, 0.05) is 11.8 Å². The molecule has 0 saturated carbocycles. The summed E-state index contributed by atoms with van der Waals surface area (Å²) < 4.78 is 0. The first-order valence-electron chi connectivity index (χ1n) is 5.86. The Morgan fingerprint density at radius 2 is 1.95 bits per heavy atom. The van der Waals surface area contributed by atoms with Crippen LogP contribution in [0.1, 0.15) is 5.56 Å². The third-order valence-electron chi connectivity index (χ3n) is 2.32. The first kappa shape index (κ1) is 14.2. The minimum absolute atomic E-state index is 0.0935. The third-order valence-corrected chi connectivity index (χ3v) is 2.32. The molecule has 0 spiro atoms. The maximum Gasteiger partial charge on any atom is 0.328 e. The van der Waals surface area contributed by atoms with E-state index in [4.69, 9.17) is 5.11 Å². The number of anilines is 2. The van der Waals surface area contributed by atoms with Crippen LogP contribution in [0.2, 0.25) is 0 Å². The molecule has 2 amide bonds. The minimum atomic E-state index is -1.02. The molecule has 0 radical (unpaired) electrons. The van der Waals surface area contributed by atoms with Gasteiger partial charge in [-0.05, 0) is 29.0 Å². The number of carboxylic acid groups (broad SMARTS) is 1. The summed E-state index contributed by atoms with van der Waals surface area (Å²) in [7, 11) is 1.58. The molecule has 9 nitrogen and oxygen atoms in total. The van der Waals surface area contributed by atoms with Gasteiger partial charge >= 0.3 is 12.0 Å². The van der Waals surface area contributed by atoms with Gasteiger partial charge in [0.15, 0.2) is 0 Å². The Morgan fingerprint density at radius 1 is 1.24 bits per heavy atom. The summed E-state index contributed by atoms with van der Waals surface area (Å²) in [6.45, 7) is 0. The number of nitrogens with zero attached hydrogens (tertiary/aromatic N) is 4. The highest BCUT2D eigenvalue weighted by atomic mass is 16.4. The standard InChI is InChI=1S/C12H12N6O3/c1-18-16-11(15-17-18)14-12(21)13-9-5-2-8(3-6-9)4-7-10(19)20/h2-7H,1H3,(H,19,20)(H2,13,14,16,21)/b7-4+. The number of nitrogens with one attached hydrogen (secondary N) is 2. The Labute approximate surface area is 119 Å². The van der Waals surface area contributed by atoms with Crippen molar-refractivity contribution in [2.24, 2.45) is 7.05 Å². The number of amides is 2. The molecule has 0 saturated heterocycles. The van der Waals surface area contributed by atoms with Gasteiger partial charge in [0.2, 0.25) is 0 Å². The van der Waals surface area contributed by atoms with Gasteiger partial charge in [-0.2, -0.15) is 4.80 Å². The van der Waals surface area contributed by atoms with E-state index < -0.39 is 12.0 Å². The maximum atomic E-state index is 11.7. The second-order valence-electron chi connectivity index (χ2n) is 3.98. The van der Waals surface area contributed by atoms with Crippen molar-refractivity contribution in [3.8, 4) is 0 Å². The summed E-state index contributed by atoms with van der Waals surface area (Å²) in [4.78, 5) is 23.3. The van der Waals surface area contributed by atoms with Gasteiger partial charge in [-0.15, -0.1) is 5.10 Å². The first-order valence-corrected chi connectivity index (χ1v) is 5.86. The number of carbonyl (C=O) groups excluding carboxylic acids is 1. The number of carbonyl (C=O) groups is 2. The van der Waals surface area contributed by atoms with Crippen molar-refractivity contribution in [2.75, 3.05) is 10.6 Å². The number of benzene rings is 1. The van der Waals surface area contributed by atoms with E-state index in [0.29, 0.717) is 11.3 Å². The van der Waals surface area contributed by atoms with Gasteiger partial charge in [0.1, 0.15) is 0 Å². The summed E-state index contributed by atoms with van der Waals surface area (Å²) in [6, 6.07) is 6.14. The Balaban J connectivity index is 1.93. The van der Waals surface area contributed by atoms with Crippen LogP contribution in [0, 0.1) is 0 Å². The minimum Gasteiger partial charge on any atom is -0.478 e. The molecular formula is C12H12N6O3. The molecule has 3 N–H and O–H groups in total. The fourth-order valence-electron chi connectivity index (χ4n) is 1.44. The molecule has 21 heavy (non-hydrogen) atoms. The lowest BCUT2D eigenvalue weighted by Gasteiger charge is -2.04. The van der Waals surface area contributed by atoms with E-state index >= 15 is 0 Å². The monoisotopic (exact) mass is 288 g/mol. The molecule has 1 aromatic heterocycles. The van der Waals surface area contributed by atoms with Gasteiger partial charge in [0.05, 0.1) is 7.05 Å². The molecule has 2 rings (SSSR count). The average Bonchev–Trinajstić information content (AvgIpc) is 2.83. The van der Waals surface area contributed by atoms with Gasteiger partial charge in [-0.3, -0.25) is 5.32 Å². The number of carboxylic acids is 1. The van der Waals surface area contributed by atoms with Crippen LogP contribution in [-0.4, -0.2) is 37.3 Å². The number of hydrogen-bond acceptors (Lipinski definition) is 5. The molecule has 9 heteroatoms. The fourth-order valence-corrected chi connectivity index (χ4v) is 1.44. The molecule has 0 atom stereocenters. The summed E-state index contributed by atoms with van der Waals surface area (Å²) in [5.41, 5.74) is 1.25. The maximum absolute atomic E-state index is 11.7. The van der Waals surface area contributed by atoms with Crippen molar-refractivity contribution in [1.82, 2.24) is 20.2 Å². The van der Waals surface area contributed by atoms with Gasteiger partial charge in [0.25, 0.3) is 5.95 Å². The predicted octanol–water partition coefficient (Wildman–Crippen LogP) is 0.952. The molecule has 1 heterocycles. The molecular weight excluding hydrogens is 276 g/mol. The molecule has 2 aromatic rings. The molecule has 0 aliphatic carbocycles. The van der Waals surface area contributed by atoms with E-state index in [1.165, 1.54) is 10.9 Å². The summed E-state index contributed by atoms with van der Waals surface area (Å²) in [5, 5.41) is 24.5. The fraction of sp³-hybridized carbons (Fsp3) is 0.0833. The summed E-state index contributed by atoms with van der Waals surface area (Å²) >= 11 is 0. The second-order valence-corrected chi connectivity index (χ2v) is 3.98. The van der Waals surface area contributed by atoms with Gasteiger partial charge in [-0.1, -0.05) is 17.2 Å². The highest BCUT2D eigenvalue weighted by molar-refractivity contribution is 5.98. The Hall–Kier alpha value is -3.23. The predicted molar refractivity (Wildman–Crippen MR) is 74.6 cm³/mol. The zero-order chi connectivity index (χ0) is 15.2. The molecule has 1 aromatic carbocycles. The quantitative estimate of drug-likeness (QED) is 0.720. The Bertz CT molecular complexity index is 677. The van der Waals surface area contributed by atoms with Crippen LogP contribution in [-0.2, 0) is 11.8 Å². The zero-order valence-electron chi connectivity index (χ0n) is 11.0. The highest BCUT2D eigenvalue weighted by Crippen LogP contribution is 2.11. The number of tetrazole rings is 1. The summed E-state index contributed by atoms with van der Waals surface area (Å²) in [5.74, 6) is -0.927. The Kier molecular flexibility index (Phi) is 4.24. The van der Waals surface area contributed by atoms with Crippen LogP contribution >= 0.6 is 0 Å². The van der Waals surface area contributed by atoms with E-state index in [1.807, 2.05) is 0 Å². The number of urea groups is 1. The lowest BCUT2D eigenvalue weighted by molar-refractivity contribution is -0.131. The smallest absolute Gasteiger partial charge is 0.328 e. The Morgan fingerprint density at radius 3 is 2.52 bits per heavy atom. The van der Waals surface area contributed by atoms with Crippen LogP contribution in [0.5, 0.6) is 0 Å². The van der Waals surface area contributed by atoms with E-state index in [9.17, 15) is 9.59 Å². The molecule has 0 aliphatic heterocycles. The van der Waals surface area contributed by atoms with Crippen molar-refractivity contribution in [2.45, 2.75) is 0 Å². The number of aliphatic carboxylic acids is 1. The topological polar surface area (TPSA) is 122 Å². The lowest BCUT2D eigenvalue weighted by atomic mass is 10.2. The van der Waals surface area contributed by atoms with Crippen LogP contribution in [0.3, 0.4) is 0 Å². The van der Waals surface area contributed by atoms with Gasteiger partial charge in [-0.25, -0.2) is 9.59 Å². The average molecular weight is 288 g/mol. The van der Waals surface area contributed by atoms with Gasteiger partial charge < -0.3 is 10.4 Å². The largest absolute Gasteiger partial charge is 0.478 e. The normalized spacial score (nSPS) is 10.5. The van der Waals surface area contributed by atoms with Crippen molar-refractivity contribution < 1.29 is 14.7 Å². The first-order chi connectivity index (χ1) is 10.0. The van der Waals surface area contributed by atoms with Crippen molar-refractivity contribution >= 4 is 29.7 Å². The number of aryl methyl sites for hydroxylation is 1. The van der Waals surface area contributed by atoms with E-state index in [0.717, 1.165) is 6.08 Å².